The SMILES string of the molecule is C=CCn1c(SCC(=O)Nc2ccc(F)cc2[N+](=O)[O-])nnc1-c1ccccc1. The van der Waals surface area contributed by atoms with E-state index in [0.717, 1.165) is 35.5 Å². The number of nitrogens with zero attached hydrogens (tertiary/aromatic N) is 4. The van der Waals surface area contributed by atoms with E-state index in [1.165, 1.54) is 0 Å². The first-order chi connectivity index (χ1) is 14.0. The summed E-state index contributed by atoms with van der Waals surface area (Å²) >= 11 is 1.13. The second-order valence-electron chi connectivity index (χ2n) is 5.83. The Bertz CT molecular complexity index is 1060. The zero-order valence-corrected chi connectivity index (χ0v) is 15.9. The Hall–Kier alpha value is -3.53. The number of amides is 1. The van der Waals surface area contributed by atoms with Crippen LogP contribution in [0.5, 0.6) is 0 Å². The van der Waals surface area contributed by atoms with Crippen LogP contribution in [0.15, 0.2) is 66.3 Å². The van der Waals surface area contributed by atoms with E-state index in [9.17, 15) is 19.3 Å². The first-order valence-corrected chi connectivity index (χ1v) is 9.44. The summed E-state index contributed by atoms with van der Waals surface area (Å²) in [5.74, 6) is -0.657. The lowest BCUT2D eigenvalue weighted by Gasteiger charge is -2.08. The number of carbonyl (C=O) groups is 1. The molecular weight excluding hydrogens is 397 g/mol. The molecule has 3 rings (SSSR count). The van der Waals surface area contributed by atoms with Gasteiger partial charge in [-0.25, -0.2) is 4.39 Å². The number of hydrogen-bond acceptors (Lipinski definition) is 6. The maximum absolute atomic E-state index is 13.2. The molecule has 10 heteroatoms. The van der Waals surface area contributed by atoms with Gasteiger partial charge in [-0.15, -0.1) is 16.8 Å². The van der Waals surface area contributed by atoms with Gasteiger partial charge in [-0.05, 0) is 12.1 Å². The van der Waals surface area contributed by atoms with Crippen LogP contribution in [-0.2, 0) is 11.3 Å². The minimum atomic E-state index is -0.755. The molecule has 29 heavy (non-hydrogen) atoms. The predicted molar refractivity (Wildman–Crippen MR) is 108 cm³/mol. The second-order valence-corrected chi connectivity index (χ2v) is 6.77. The van der Waals surface area contributed by atoms with Gasteiger partial charge < -0.3 is 5.32 Å². The van der Waals surface area contributed by atoms with Crippen molar-refractivity contribution < 1.29 is 14.1 Å². The summed E-state index contributed by atoms with van der Waals surface area (Å²) in [5.41, 5.74) is 0.296. The van der Waals surface area contributed by atoms with E-state index >= 15 is 0 Å². The first-order valence-electron chi connectivity index (χ1n) is 8.45. The molecule has 0 radical (unpaired) electrons. The molecule has 1 aromatic heterocycles. The predicted octanol–water partition coefficient (Wildman–Crippen LogP) is 3.91. The van der Waals surface area contributed by atoms with Crippen LogP contribution >= 0.6 is 11.8 Å². The highest BCUT2D eigenvalue weighted by Gasteiger charge is 2.19. The summed E-state index contributed by atoms with van der Waals surface area (Å²) in [6.45, 7) is 4.19. The largest absolute Gasteiger partial charge is 0.320 e. The summed E-state index contributed by atoms with van der Waals surface area (Å²) in [6.07, 6.45) is 1.70. The number of halogens is 1. The minimum Gasteiger partial charge on any atom is -0.320 e. The summed E-state index contributed by atoms with van der Waals surface area (Å²) < 4.78 is 15.0. The summed E-state index contributed by atoms with van der Waals surface area (Å²) in [4.78, 5) is 22.6. The van der Waals surface area contributed by atoms with Gasteiger partial charge in [-0.3, -0.25) is 19.5 Å². The van der Waals surface area contributed by atoms with Crippen molar-refractivity contribution in [3.8, 4) is 11.4 Å². The summed E-state index contributed by atoms with van der Waals surface area (Å²) in [5, 5.41) is 22.3. The number of hydrogen-bond donors (Lipinski definition) is 1. The van der Waals surface area contributed by atoms with E-state index in [0.29, 0.717) is 17.5 Å². The zero-order valence-electron chi connectivity index (χ0n) is 15.1. The van der Waals surface area contributed by atoms with Crippen LogP contribution in [0.1, 0.15) is 0 Å². The molecule has 0 saturated heterocycles. The summed E-state index contributed by atoms with van der Waals surface area (Å²) in [7, 11) is 0. The van der Waals surface area contributed by atoms with Crippen LogP contribution in [0, 0.1) is 15.9 Å². The molecule has 0 unspecified atom stereocenters. The average molecular weight is 413 g/mol. The Balaban J connectivity index is 1.73. The molecule has 3 aromatic rings. The molecule has 0 fully saturated rings. The molecule has 148 valence electrons. The number of nitro groups is 1. The summed E-state index contributed by atoms with van der Waals surface area (Å²) in [6, 6.07) is 12.4. The average Bonchev–Trinajstić information content (AvgIpc) is 3.11. The molecule has 1 heterocycles. The molecule has 0 aliphatic rings. The van der Waals surface area contributed by atoms with Crippen LogP contribution < -0.4 is 5.32 Å². The quantitative estimate of drug-likeness (QED) is 0.260. The molecular formula is C19H16FN5O3S. The molecule has 8 nitrogen and oxygen atoms in total. The Morgan fingerprint density at radius 1 is 1.28 bits per heavy atom. The molecule has 1 N–H and O–H groups in total. The topological polar surface area (TPSA) is 103 Å². The van der Waals surface area contributed by atoms with Crippen LogP contribution in [-0.4, -0.2) is 31.3 Å². The molecule has 0 aliphatic heterocycles. The van der Waals surface area contributed by atoms with Crippen molar-refractivity contribution in [2.24, 2.45) is 0 Å². The van der Waals surface area contributed by atoms with Crippen LogP contribution in [0.2, 0.25) is 0 Å². The van der Waals surface area contributed by atoms with Gasteiger partial charge in [0.25, 0.3) is 5.69 Å². The third-order valence-electron chi connectivity index (χ3n) is 3.82. The molecule has 2 aromatic carbocycles. The lowest BCUT2D eigenvalue weighted by atomic mass is 10.2. The molecule has 0 saturated carbocycles. The van der Waals surface area contributed by atoms with Gasteiger partial charge in [0.1, 0.15) is 11.5 Å². The van der Waals surface area contributed by atoms with Gasteiger partial charge in [0.2, 0.25) is 5.91 Å². The van der Waals surface area contributed by atoms with Gasteiger partial charge in [-0.1, -0.05) is 48.2 Å². The van der Waals surface area contributed by atoms with Gasteiger partial charge >= 0.3 is 0 Å². The van der Waals surface area contributed by atoms with Crippen LogP contribution in [0.25, 0.3) is 11.4 Å². The number of thioether (sulfide) groups is 1. The Morgan fingerprint density at radius 3 is 2.72 bits per heavy atom. The number of rotatable bonds is 8. The van der Waals surface area contributed by atoms with Crippen molar-refractivity contribution in [2.45, 2.75) is 11.7 Å². The third kappa shape index (κ3) is 4.85. The van der Waals surface area contributed by atoms with Crippen molar-refractivity contribution in [1.29, 1.82) is 0 Å². The van der Waals surface area contributed by atoms with E-state index in [-0.39, 0.29) is 11.4 Å². The normalized spacial score (nSPS) is 10.5. The van der Waals surface area contributed by atoms with E-state index in [4.69, 9.17) is 0 Å². The zero-order chi connectivity index (χ0) is 20.8. The molecule has 0 aliphatic carbocycles. The first kappa shape index (κ1) is 20.2. The third-order valence-corrected chi connectivity index (χ3v) is 4.79. The van der Waals surface area contributed by atoms with Crippen LogP contribution in [0.4, 0.5) is 15.8 Å². The number of benzene rings is 2. The number of aromatic nitrogens is 3. The van der Waals surface area contributed by atoms with Crippen molar-refractivity contribution in [3.63, 3.8) is 0 Å². The maximum Gasteiger partial charge on any atom is 0.295 e. The smallest absolute Gasteiger partial charge is 0.295 e. The molecule has 0 spiro atoms. The van der Waals surface area contributed by atoms with Crippen molar-refractivity contribution in [1.82, 2.24) is 14.8 Å². The second kappa shape index (κ2) is 9.11. The molecule has 0 bridgehead atoms. The fraction of sp³-hybridized carbons (Fsp3) is 0.105. The van der Waals surface area contributed by atoms with Gasteiger partial charge in [0, 0.05) is 12.1 Å². The number of carbonyl (C=O) groups excluding carboxylic acids is 1. The van der Waals surface area contributed by atoms with Crippen molar-refractivity contribution in [3.05, 3.63) is 77.1 Å². The Morgan fingerprint density at radius 2 is 2.03 bits per heavy atom. The lowest BCUT2D eigenvalue weighted by molar-refractivity contribution is -0.384. The maximum atomic E-state index is 13.2. The number of nitrogens with one attached hydrogen (secondary N) is 1. The Labute approximate surface area is 169 Å². The monoisotopic (exact) mass is 413 g/mol. The van der Waals surface area contributed by atoms with Crippen molar-refractivity contribution >= 4 is 29.0 Å². The van der Waals surface area contributed by atoms with E-state index < -0.39 is 22.3 Å². The minimum absolute atomic E-state index is 0.0569. The lowest BCUT2D eigenvalue weighted by Crippen LogP contribution is -2.15. The van der Waals surface area contributed by atoms with Gasteiger partial charge in [-0.2, -0.15) is 0 Å². The van der Waals surface area contributed by atoms with Crippen LogP contribution in [0.3, 0.4) is 0 Å². The Kier molecular flexibility index (Phi) is 6.35. The van der Waals surface area contributed by atoms with Gasteiger partial charge in [0.05, 0.1) is 16.7 Å². The highest BCUT2D eigenvalue weighted by Crippen LogP contribution is 2.27. The number of nitro benzene ring substituents is 1. The van der Waals surface area contributed by atoms with E-state index in [2.05, 4.69) is 22.1 Å². The highest BCUT2D eigenvalue weighted by molar-refractivity contribution is 7.99. The van der Waals surface area contributed by atoms with E-state index in [1.807, 2.05) is 34.9 Å². The number of anilines is 1. The number of allylic oxidation sites excluding steroid dienone is 1. The standard InChI is InChI=1S/C19H16FN5O3S/c1-2-10-24-18(13-6-4-3-5-7-13)22-23-19(24)29-12-17(26)21-15-9-8-14(20)11-16(15)25(27)28/h2-9,11H,1,10,12H2,(H,21,26). The van der Waals surface area contributed by atoms with Crippen molar-refractivity contribution in [2.75, 3.05) is 11.1 Å². The molecule has 0 atom stereocenters. The fourth-order valence-electron chi connectivity index (χ4n) is 2.57. The fourth-order valence-corrected chi connectivity index (χ4v) is 3.32. The van der Waals surface area contributed by atoms with Gasteiger partial charge in [0.15, 0.2) is 11.0 Å². The molecule has 1 amide bonds. The van der Waals surface area contributed by atoms with E-state index in [1.54, 1.807) is 6.08 Å². The highest BCUT2D eigenvalue weighted by atomic mass is 32.2.